The van der Waals surface area contributed by atoms with Crippen LogP contribution in [0.25, 0.3) is 0 Å². The molecule has 0 aromatic heterocycles. The van der Waals surface area contributed by atoms with Crippen molar-refractivity contribution in [3.63, 3.8) is 0 Å². The first kappa shape index (κ1) is 29.0. The van der Waals surface area contributed by atoms with Gasteiger partial charge in [-0.05, 0) is 42.0 Å². The number of likely N-dealkylation sites (N-methyl/N-ethyl adjacent to an activating group) is 1. The summed E-state index contributed by atoms with van der Waals surface area (Å²) in [7, 11) is -2.36. The van der Waals surface area contributed by atoms with Gasteiger partial charge in [-0.3, -0.25) is 13.9 Å². The maximum atomic E-state index is 13.9. The first-order chi connectivity index (χ1) is 17.5. The molecule has 7 nitrogen and oxygen atoms in total. The molecule has 3 aromatic rings. The van der Waals surface area contributed by atoms with Gasteiger partial charge in [0.05, 0.1) is 11.9 Å². The van der Waals surface area contributed by atoms with Crippen LogP contribution < -0.4 is 9.62 Å². The number of nitrogens with zero attached hydrogens (tertiary/aromatic N) is 2. The van der Waals surface area contributed by atoms with Crippen LogP contribution in [-0.4, -0.2) is 51.0 Å². The third-order valence-electron chi connectivity index (χ3n) is 5.70. The van der Waals surface area contributed by atoms with E-state index in [9.17, 15) is 18.0 Å². The minimum Gasteiger partial charge on any atom is -0.357 e. The number of anilines is 1. The highest BCUT2D eigenvalue weighted by Gasteiger charge is 2.33. The van der Waals surface area contributed by atoms with E-state index in [1.165, 1.54) is 11.9 Å². The topological polar surface area (TPSA) is 86.8 Å². The summed E-state index contributed by atoms with van der Waals surface area (Å²) in [5, 5.41) is 3.28. The van der Waals surface area contributed by atoms with Crippen molar-refractivity contribution in [2.75, 3.05) is 24.2 Å². The maximum absolute atomic E-state index is 13.9. The number of amides is 2. The van der Waals surface area contributed by atoms with Crippen molar-refractivity contribution in [1.29, 1.82) is 0 Å². The van der Waals surface area contributed by atoms with Crippen molar-refractivity contribution >= 4 is 66.7 Å². The van der Waals surface area contributed by atoms with Gasteiger partial charge in [0.25, 0.3) is 0 Å². The molecule has 0 saturated carbocycles. The minimum absolute atomic E-state index is 0.0970. The fourth-order valence-electron chi connectivity index (χ4n) is 3.80. The molecule has 0 aliphatic rings. The van der Waals surface area contributed by atoms with Gasteiger partial charge in [0, 0.05) is 40.1 Å². The van der Waals surface area contributed by atoms with Crippen LogP contribution in [0.3, 0.4) is 0 Å². The number of sulfonamides is 1. The molecule has 2 amide bonds. The molecular formula is C26H26BrCl2N3O4S. The van der Waals surface area contributed by atoms with E-state index >= 15 is 0 Å². The number of carbonyl (C=O) groups is 2. The van der Waals surface area contributed by atoms with E-state index in [1.54, 1.807) is 42.5 Å². The van der Waals surface area contributed by atoms with Gasteiger partial charge in [0.1, 0.15) is 12.6 Å². The summed E-state index contributed by atoms with van der Waals surface area (Å²) in [6, 6.07) is 19.8. The first-order valence-corrected chi connectivity index (χ1v) is 14.6. The predicted octanol–water partition coefficient (Wildman–Crippen LogP) is 4.91. The lowest BCUT2D eigenvalue weighted by atomic mass is 10.0. The number of hydrogen-bond acceptors (Lipinski definition) is 4. The zero-order valence-electron chi connectivity index (χ0n) is 20.2. The molecule has 196 valence electrons. The molecule has 0 unspecified atom stereocenters. The third kappa shape index (κ3) is 7.70. The van der Waals surface area contributed by atoms with Crippen LogP contribution in [0, 0.1) is 0 Å². The van der Waals surface area contributed by atoms with Gasteiger partial charge in [-0.25, -0.2) is 8.42 Å². The highest BCUT2D eigenvalue weighted by molar-refractivity contribution is 9.10. The summed E-state index contributed by atoms with van der Waals surface area (Å²) in [5.41, 5.74) is 1.59. The molecule has 37 heavy (non-hydrogen) atoms. The van der Waals surface area contributed by atoms with E-state index in [2.05, 4.69) is 21.2 Å². The Bertz CT molecular complexity index is 1340. The van der Waals surface area contributed by atoms with E-state index in [0.29, 0.717) is 21.3 Å². The van der Waals surface area contributed by atoms with Crippen molar-refractivity contribution in [2.45, 2.75) is 19.0 Å². The lowest BCUT2D eigenvalue weighted by molar-refractivity contribution is -0.139. The number of hydrogen-bond donors (Lipinski definition) is 1. The highest BCUT2D eigenvalue weighted by Crippen LogP contribution is 2.28. The quantitative estimate of drug-likeness (QED) is 0.347. The molecule has 0 saturated heterocycles. The highest BCUT2D eigenvalue weighted by atomic mass is 79.9. The molecule has 0 aliphatic heterocycles. The monoisotopic (exact) mass is 625 g/mol. The van der Waals surface area contributed by atoms with Crippen LogP contribution >= 0.6 is 39.1 Å². The lowest BCUT2D eigenvalue weighted by Gasteiger charge is -2.33. The Balaban J connectivity index is 2.06. The zero-order chi connectivity index (χ0) is 27.2. The third-order valence-corrected chi connectivity index (χ3v) is 8.08. The van der Waals surface area contributed by atoms with Crippen molar-refractivity contribution in [2.24, 2.45) is 0 Å². The van der Waals surface area contributed by atoms with Crippen molar-refractivity contribution < 1.29 is 18.0 Å². The van der Waals surface area contributed by atoms with Crippen LogP contribution in [0.1, 0.15) is 11.1 Å². The van der Waals surface area contributed by atoms with Gasteiger partial charge in [0.2, 0.25) is 21.8 Å². The Kier molecular flexibility index (Phi) is 10.0. The number of rotatable bonds is 10. The smallest absolute Gasteiger partial charge is 0.244 e. The van der Waals surface area contributed by atoms with Gasteiger partial charge in [0.15, 0.2) is 0 Å². The second-order valence-electron chi connectivity index (χ2n) is 8.29. The summed E-state index contributed by atoms with van der Waals surface area (Å²) >= 11 is 16.2. The number of halogens is 3. The number of benzene rings is 3. The fourth-order valence-corrected chi connectivity index (χ4v) is 5.43. The average Bonchev–Trinajstić information content (AvgIpc) is 2.86. The molecule has 3 rings (SSSR count). The Morgan fingerprint density at radius 3 is 2.08 bits per heavy atom. The molecule has 11 heteroatoms. The molecule has 0 fully saturated rings. The summed E-state index contributed by atoms with van der Waals surface area (Å²) in [5.74, 6) is -0.996. The lowest BCUT2D eigenvalue weighted by Crippen LogP contribution is -2.53. The van der Waals surface area contributed by atoms with Gasteiger partial charge < -0.3 is 10.2 Å². The van der Waals surface area contributed by atoms with Crippen LogP contribution in [0.2, 0.25) is 10.0 Å². The second-order valence-corrected chi connectivity index (χ2v) is 11.9. The number of nitrogens with one attached hydrogen (secondary N) is 1. The summed E-state index contributed by atoms with van der Waals surface area (Å²) in [6.45, 7) is -0.620. The molecule has 0 aliphatic carbocycles. The second kappa shape index (κ2) is 12.8. The molecule has 1 atom stereocenters. The Hall–Kier alpha value is -2.59. The van der Waals surface area contributed by atoms with Gasteiger partial charge in [-0.2, -0.15) is 0 Å². The van der Waals surface area contributed by atoms with Gasteiger partial charge in [-0.15, -0.1) is 0 Å². The molecule has 0 heterocycles. The van der Waals surface area contributed by atoms with Crippen LogP contribution in [0.5, 0.6) is 0 Å². The van der Waals surface area contributed by atoms with Crippen LogP contribution in [-0.2, 0) is 32.6 Å². The molecule has 0 spiro atoms. The molecular weight excluding hydrogens is 601 g/mol. The largest absolute Gasteiger partial charge is 0.357 e. The minimum atomic E-state index is -3.84. The fraction of sp³-hybridized carbons (Fsp3) is 0.231. The maximum Gasteiger partial charge on any atom is 0.244 e. The average molecular weight is 627 g/mol. The van der Waals surface area contributed by atoms with Crippen LogP contribution in [0.15, 0.2) is 77.3 Å². The Morgan fingerprint density at radius 2 is 1.54 bits per heavy atom. The Morgan fingerprint density at radius 1 is 0.946 bits per heavy atom. The SMILES string of the molecule is CNC(=O)[C@H](Cc1ccccc1)N(Cc1c(Cl)cccc1Cl)C(=O)CN(c1ccc(Br)cc1)S(C)(=O)=O. The predicted molar refractivity (Wildman–Crippen MR) is 151 cm³/mol. The van der Waals surface area contributed by atoms with Crippen LogP contribution in [0.4, 0.5) is 5.69 Å². The Labute approximate surface area is 235 Å². The van der Waals surface area contributed by atoms with E-state index in [-0.39, 0.29) is 13.0 Å². The summed E-state index contributed by atoms with van der Waals surface area (Å²) in [6.07, 6.45) is 1.23. The normalized spacial score (nSPS) is 12.0. The molecule has 0 radical (unpaired) electrons. The van der Waals surface area contributed by atoms with E-state index in [0.717, 1.165) is 20.6 Å². The first-order valence-electron chi connectivity index (χ1n) is 11.2. The molecule has 1 N–H and O–H groups in total. The standard InChI is InChI=1S/C26H26BrCl2N3O4S/c1-30-26(34)24(15-18-7-4-3-5-8-18)31(16-21-22(28)9-6-10-23(21)29)25(33)17-32(37(2,35)36)20-13-11-19(27)12-14-20/h3-14,24H,15-17H2,1-2H3,(H,30,34)/t24-/m0/s1. The molecule has 0 bridgehead atoms. The van der Waals surface area contributed by atoms with Gasteiger partial charge in [-0.1, -0.05) is 75.5 Å². The molecule has 3 aromatic carbocycles. The van der Waals surface area contributed by atoms with Crippen molar-refractivity contribution in [3.05, 3.63) is 98.4 Å². The van der Waals surface area contributed by atoms with E-state index in [4.69, 9.17) is 23.2 Å². The number of carbonyl (C=O) groups excluding carboxylic acids is 2. The van der Waals surface area contributed by atoms with Crippen molar-refractivity contribution in [1.82, 2.24) is 10.2 Å². The summed E-state index contributed by atoms with van der Waals surface area (Å²) in [4.78, 5) is 28.3. The van der Waals surface area contributed by atoms with E-state index in [1.807, 2.05) is 30.3 Å². The zero-order valence-corrected chi connectivity index (χ0v) is 24.1. The van der Waals surface area contributed by atoms with Gasteiger partial charge >= 0.3 is 0 Å². The van der Waals surface area contributed by atoms with E-state index < -0.39 is 34.4 Å². The summed E-state index contributed by atoms with van der Waals surface area (Å²) < 4.78 is 27.2. The van der Waals surface area contributed by atoms with Crippen molar-refractivity contribution in [3.8, 4) is 0 Å².